The summed E-state index contributed by atoms with van der Waals surface area (Å²) in [4.78, 5) is 12.3. The average molecular weight is 241 g/mol. The first-order valence-electron chi connectivity index (χ1n) is 5.54. The van der Waals surface area contributed by atoms with Crippen LogP contribution in [0.4, 0.5) is 11.9 Å². The second-order valence-corrected chi connectivity index (χ2v) is 3.99. The Morgan fingerprint density at radius 1 is 0.941 bits per heavy atom. The Hall–Kier alpha value is -1.47. The number of hydrogen-bond donors (Lipinski definition) is 4. The van der Waals surface area contributed by atoms with E-state index in [9.17, 15) is 0 Å². The maximum absolute atomic E-state index is 9.15. The predicted octanol–water partition coefficient (Wildman–Crippen LogP) is -0.235. The van der Waals surface area contributed by atoms with Gasteiger partial charge in [0.2, 0.25) is 11.9 Å². The van der Waals surface area contributed by atoms with E-state index in [1.165, 1.54) is 0 Å². The molecule has 0 bridgehead atoms. The summed E-state index contributed by atoms with van der Waals surface area (Å²) in [6.45, 7) is 5.85. The number of aryl methyl sites for hydroxylation is 1. The normalized spacial score (nSPS) is 14.2. The van der Waals surface area contributed by atoms with Gasteiger partial charge in [0.25, 0.3) is 0 Å². The molecule has 0 fully saturated rings. The molecule has 4 N–H and O–H groups in total. The van der Waals surface area contributed by atoms with E-state index in [0.29, 0.717) is 30.8 Å². The largest absolute Gasteiger partial charge is 0.392 e. The molecule has 0 radical (unpaired) electrons. The second-order valence-electron chi connectivity index (χ2n) is 3.99. The first-order chi connectivity index (χ1) is 7.97. The minimum Gasteiger partial charge on any atom is -0.392 e. The van der Waals surface area contributed by atoms with Crippen LogP contribution in [0.2, 0.25) is 0 Å². The molecule has 0 saturated heterocycles. The molecule has 2 unspecified atom stereocenters. The van der Waals surface area contributed by atoms with Gasteiger partial charge in [-0.3, -0.25) is 0 Å². The summed E-state index contributed by atoms with van der Waals surface area (Å²) in [5.74, 6) is 1.39. The SMILES string of the molecule is Cc1nc(NCC(C)O)nc(NCC(C)O)n1. The number of anilines is 2. The number of hydrogen-bond acceptors (Lipinski definition) is 7. The van der Waals surface area contributed by atoms with Crippen LogP contribution in [0.5, 0.6) is 0 Å². The highest BCUT2D eigenvalue weighted by Crippen LogP contribution is 2.05. The van der Waals surface area contributed by atoms with Gasteiger partial charge in [0.1, 0.15) is 5.82 Å². The second kappa shape index (κ2) is 6.31. The lowest BCUT2D eigenvalue weighted by Crippen LogP contribution is -2.20. The fourth-order valence-electron chi connectivity index (χ4n) is 1.12. The first-order valence-corrected chi connectivity index (χ1v) is 5.54. The number of nitrogens with one attached hydrogen (secondary N) is 2. The summed E-state index contributed by atoms with van der Waals surface area (Å²) in [7, 11) is 0. The third kappa shape index (κ3) is 5.41. The lowest BCUT2D eigenvalue weighted by molar-refractivity contribution is 0.208. The molecule has 0 aliphatic rings. The fourth-order valence-corrected chi connectivity index (χ4v) is 1.12. The molecule has 0 aromatic carbocycles. The number of nitrogens with zero attached hydrogens (tertiary/aromatic N) is 3. The predicted molar refractivity (Wildman–Crippen MR) is 64.9 cm³/mol. The first kappa shape index (κ1) is 13.6. The number of aromatic nitrogens is 3. The van der Waals surface area contributed by atoms with Crippen LogP contribution in [0, 0.1) is 6.92 Å². The zero-order chi connectivity index (χ0) is 12.8. The molecule has 0 amide bonds. The van der Waals surface area contributed by atoms with Gasteiger partial charge in [0.15, 0.2) is 0 Å². The number of rotatable bonds is 6. The molecular formula is C10H19N5O2. The van der Waals surface area contributed by atoms with Gasteiger partial charge in [0.05, 0.1) is 12.2 Å². The summed E-state index contributed by atoms with van der Waals surface area (Å²) in [6.07, 6.45) is -0.943. The van der Waals surface area contributed by atoms with Crippen molar-refractivity contribution in [3.8, 4) is 0 Å². The molecule has 2 atom stereocenters. The summed E-state index contributed by atoms with van der Waals surface area (Å²) in [6, 6.07) is 0. The Balaban J connectivity index is 2.65. The van der Waals surface area contributed by atoms with Crippen molar-refractivity contribution in [1.29, 1.82) is 0 Å². The average Bonchev–Trinajstić information content (AvgIpc) is 2.23. The fraction of sp³-hybridized carbons (Fsp3) is 0.700. The van der Waals surface area contributed by atoms with Crippen molar-refractivity contribution >= 4 is 11.9 Å². The molecule has 0 saturated carbocycles. The maximum atomic E-state index is 9.15. The van der Waals surface area contributed by atoms with Gasteiger partial charge < -0.3 is 20.8 Å². The minimum atomic E-state index is -0.471. The van der Waals surface area contributed by atoms with E-state index < -0.39 is 12.2 Å². The van der Waals surface area contributed by atoms with Crippen molar-refractivity contribution in [3.63, 3.8) is 0 Å². The van der Waals surface area contributed by atoms with Crippen molar-refractivity contribution in [1.82, 2.24) is 15.0 Å². The monoisotopic (exact) mass is 241 g/mol. The van der Waals surface area contributed by atoms with Crippen LogP contribution in [0.1, 0.15) is 19.7 Å². The van der Waals surface area contributed by atoms with Crippen molar-refractivity contribution in [2.75, 3.05) is 23.7 Å². The molecule has 17 heavy (non-hydrogen) atoms. The van der Waals surface area contributed by atoms with Gasteiger partial charge in [-0.25, -0.2) is 0 Å². The molecule has 1 rings (SSSR count). The molecule has 1 aromatic heterocycles. The molecule has 0 aliphatic heterocycles. The van der Waals surface area contributed by atoms with Gasteiger partial charge in [-0.2, -0.15) is 15.0 Å². The highest BCUT2D eigenvalue weighted by atomic mass is 16.3. The zero-order valence-electron chi connectivity index (χ0n) is 10.3. The Bertz CT molecular complexity index is 326. The van der Waals surface area contributed by atoms with Crippen LogP contribution in [-0.4, -0.2) is 50.5 Å². The van der Waals surface area contributed by atoms with E-state index in [4.69, 9.17) is 10.2 Å². The molecule has 1 heterocycles. The van der Waals surface area contributed by atoms with Gasteiger partial charge in [-0.1, -0.05) is 0 Å². The Labute approximate surface area is 100 Å². The lowest BCUT2D eigenvalue weighted by atomic mass is 10.4. The smallest absolute Gasteiger partial charge is 0.227 e. The molecule has 7 nitrogen and oxygen atoms in total. The third-order valence-electron chi connectivity index (χ3n) is 1.86. The lowest BCUT2D eigenvalue weighted by Gasteiger charge is -2.10. The highest BCUT2D eigenvalue weighted by Gasteiger charge is 2.05. The van der Waals surface area contributed by atoms with E-state index in [1.807, 2.05) is 0 Å². The van der Waals surface area contributed by atoms with Crippen LogP contribution in [0.15, 0.2) is 0 Å². The summed E-state index contributed by atoms with van der Waals surface area (Å²) < 4.78 is 0. The number of aliphatic hydroxyl groups is 2. The summed E-state index contributed by atoms with van der Waals surface area (Å²) >= 11 is 0. The van der Waals surface area contributed by atoms with Gasteiger partial charge in [0, 0.05) is 13.1 Å². The zero-order valence-corrected chi connectivity index (χ0v) is 10.3. The molecule has 0 spiro atoms. The van der Waals surface area contributed by atoms with Crippen molar-refractivity contribution in [2.45, 2.75) is 33.0 Å². The molecule has 96 valence electrons. The van der Waals surface area contributed by atoms with Crippen LogP contribution in [0.25, 0.3) is 0 Å². The van der Waals surface area contributed by atoms with Crippen LogP contribution >= 0.6 is 0 Å². The maximum Gasteiger partial charge on any atom is 0.227 e. The summed E-state index contributed by atoms with van der Waals surface area (Å²) in [5, 5.41) is 24.1. The van der Waals surface area contributed by atoms with E-state index in [2.05, 4.69) is 25.6 Å². The van der Waals surface area contributed by atoms with Crippen molar-refractivity contribution in [2.24, 2.45) is 0 Å². The quantitative estimate of drug-likeness (QED) is 0.545. The van der Waals surface area contributed by atoms with Gasteiger partial charge in [-0.05, 0) is 20.8 Å². The van der Waals surface area contributed by atoms with Gasteiger partial charge >= 0.3 is 0 Å². The highest BCUT2D eigenvalue weighted by molar-refractivity contribution is 5.34. The minimum absolute atomic E-state index is 0.374. The van der Waals surface area contributed by atoms with E-state index in [1.54, 1.807) is 20.8 Å². The van der Waals surface area contributed by atoms with E-state index in [-0.39, 0.29) is 0 Å². The van der Waals surface area contributed by atoms with Crippen LogP contribution < -0.4 is 10.6 Å². The molecule has 0 aliphatic carbocycles. The summed E-state index contributed by atoms with van der Waals surface area (Å²) in [5.41, 5.74) is 0. The molecule has 1 aromatic rings. The Kier molecular flexibility index (Phi) is 5.05. The van der Waals surface area contributed by atoms with Crippen LogP contribution in [0.3, 0.4) is 0 Å². The van der Waals surface area contributed by atoms with Gasteiger partial charge in [-0.15, -0.1) is 0 Å². The Morgan fingerprint density at radius 2 is 1.35 bits per heavy atom. The van der Waals surface area contributed by atoms with Crippen molar-refractivity contribution in [3.05, 3.63) is 5.82 Å². The molecule has 7 heteroatoms. The van der Waals surface area contributed by atoms with E-state index in [0.717, 1.165) is 0 Å². The van der Waals surface area contributed by atoms with Crippen molar-refractivity contribution < 1.29 is 10.2 Å². The third-order valence-corrected chi connectivity index (χ3v) is 1.86. The Morgan fingerprint density at radius 3 is 1.71 bits per heavy atom. The standard InChI is InChI=1S/C10H19N5O2/c1-6(16)4-11-9-13-8(3)14-10(15-9)12-5-7(2)17/h6-7,16-17H,4-5H2,1-3H3,(H2,11,12,13,14,15). The molecular weight excluding hydrogens is 222 g/mol. The van der Waals surface area contributed by atoms with Crippen LogP contribution in [-0.2, 0) is 0 Å². The topological polar surface area (TPSA) is 103 Å². The van der Waals surface area contributed by atoms with E-state index >= 15 is 0 Å². The number of aliphatic hydroxyl groups excluding tert-OH is 2.